The van der Waals surface area contributed by atoms with Crippen LogP contribution in [0, 0.1) is 0 Å². The largest absolute Gasteiger partial charge is 0.394 e. The van der Waals surface area contributed by atoms with E-state index in [2.05, 4.69) is 30.3 Å². The van der Waals surface area contributed by atoms with E-state index in [0.717, 1.165) is 12.0 Å². The summed E-state index contributed by atoms with van der Waals surface area (Å²) in [5.74, 6) is 0. The molecule has 5 nitrogen and oxygen atoms in total. The monoisotopic (exact) mass is 317 g/mol. The lowest BCUT2D eigenvalue weighted by molar-refractivity contribution is 0.124. The summed E-state index contributed by atoms with van der Waals surface area (Å²) in [7, 11) is 2.13. The van der Waals surface area contributed by atoms with Crippen LogP contribution in [0.1, 0.15) is 36.9 Å². The Morgan fingerprint density at radius 2 is 2.17 bits per heavy atom. The first-order chi connectivity index (χ1) is 11.1. The molecule has 1 saturated carbocycles. The molecule has 0 bridgehead atoms. The number of nitrogens with one attached hydrogen (secondary N) is 1. The molecule has 0 saturated heterocycles. The maximum absolute atomic E-state index is 12.6. The van der Waals surface area contributed by atoms with Crippen molar-refractivity contribution in [2.24, 2.45) is 0 Å². The molecule has 2 amide bonds. The summed E-state index contributed by atoms with van der Waals surface area (Å²) in [5.41, 5.74) is 2.30. The summed E-state index contributed by atoms with van der Waals surface area (Å²) in [6, 6.07) is 8.78. The molecule has 1 fully saturated rings. The van der Waals surface area contributed by atoms with E-state index in [4.69, 9.17) is 0 Å². The number of aliphatic hydroxyl groups excluding tert-OH is 1. The molecule has 2 N–H and O–H groups in total. The molecule has 1 aliphatic heterocycles. The minimum Gasteiger partial charge on any atom is -0.394 e. The van der Waals surface area contributed by atoms with Crippen LogP contribution in [-0.4, -0.2) is 59.8 Å². The highest BCUT2D eigenvalue weighted by Gasteiger charge is 2.32. The Labute approximate surface area is 138 Å². The van der Waals surface area contributed by atoms with Crippen molar-refractivity contribution in [1.82, 2.24) is 15.1 Å². The van der Waals surface area contributed by atoms with E-state index in [1.807, 2.05) is 18.2 Å². The van der Waals surface area contributed by atoms with Gasteiger partial charge in [-0.05, 0) is 44.4 Å². The van der Waals surface area contributed by atoms with Crippen molar-refractivity contribution in [2.45, 2.75) is 44.3 Å². The van der Waals surface area contributed by atoms with E-state index in [0.29, 0.717) is 25.2 Å². The minimum atomic E-state index is -0.239. The minimum absolute atomic E-state index is 0.0397. The number of benzene rings is 1. The summed E-state index contributed by atoms with van der Waals surface area (Å²) in [6.45, 7) is 3.40. The third-order valence-corrected chi connectivity index (χ3v) is 5.21. The number of hydrogen-bond acceptors (Lipinski definition) is 3. The molecular formula is C18H27N3O2. The van der Waals surface area contributed by atoms with Gasteiger partial charge in [0.1, 0.15) is 0 Å². The van der Waals surface area contributed by atoms with E-state index in [9.17, 15) is 9.90 Å². The van der Waals surface area contributed by atoms with Crippen LogP contribution in [0.15, 0.2) is 24.3 Å². The second kappa shape index (κ2) is 6.89. The summed E-state index contributed by atoms with van der Waals surface area (Å²) < 4.78 is 0. The van der Waals surface area contributed by atoms with Gasteiger partial charge in [-0.3, -0.25) is 4.90 Å². The zero-order valence-corrected chi connectivity index (χ0v) is 14.0. The van der Waals surface area contributed by atoms with Crippen LogP contribution in [0.3, 0.4) is 0 Å². The number of urea groups is 1. The third kappa shape index (κ3) is 3.51. The number of nitrogens with zero attached hydrogens (tertiary/aromatic N) is 2. The standard InChI is InChI=1S/C18H27N3O2/c1-13(20(2)15-7-8-15)11-19-18(23)21-10-9-14-5-3-4-6-16(14)17(21)12-22/h3-6,13,15,17,22H,7-12H2,1-2H3,(H,19,23). The first kappa shape index (κ1) is 16.3. The lowest BCUT2D eigenvalue weighted by Crippen LogP contribution is -2.50. The SMILES string of the molecule is CC(CNC(=O)N1CCc2ccccc2C1CO)N(C)C1CC1. The number of fused-ring (bicyclic) bond motifs is 1. The lowest BCUT2D eigenvalue weighted by Gasteiger charge is -2.37. The topological polar surface area (TPSA) is 55.8 Å². The molecule has 126 valence electrons. The van der Waals surface area contributed by atoms with Crippen LogP contribution in [0.25, 0.3) is 0 Å². The number of amides is 2. The van der Waals surface area contributed by atoms with E-state index in [1.54, 1.807) is 4.90 Å². The lowest BCUT2D eigenvalue weighted by atomic mass is 9.93. The third-order valence-electron chi connectivity index (χ3n) is 5.21. The van der Waals surface area contributed by atoms with Crippen LogP contribution in [0.5, 0.6) is 0 Å². The quantitative estimate of drug-likeness (QED) is 0.870. The Kier molecular flexibility index (Phi) is 4.87. The van der Waals surface area contributed by atoms with Crippen molar-refractivity contribution in [3.05, 3.63) is 35.4 Å². The van der Waals surface area contributed by atoms with E-state index in [1.165, 1.54) is 18.4 Å². The molecule has 1 aromatic rings. The van der Waals surface area contributed by atoms with Crippen molar-refractivity contribution in [1.29, 1.82) is 0 Å². The van der Waals surface area contributed by atoms with Crippen LogP contribution in [-0.2, 0) is 6.42 Å². The van der Waals surface area contributed by atoms with Crippen molar-refractivity contribution in [3.8, 4) is 0 Å². The number of likely N-dealkylation sites (N-methyl/N-ethyl adjacent to an activating group) is 1. The smallest absolute Gasteiger partial charge is 0.318 e. The highest BCUT2D eigenvalue weighted by atomic mass is 16.3. The molecule has 1 aromatic carbocycles. The maximum Gasteiger partial charge on any atom is 0.318 e. The molecule has 0 aromatic heterocycles. The average Bonchev–Trinajstić information content (AvgIpc) is 3.42. The zero-order valence-electron chi connectivity index (χ0n) is 14.0. The molecular weight excluding hydrogens is 290 g/mol. The van der Waals surface area contributed by atoms with E-state index in [-0.39, 0.29) is 18.7 Å². The predicted molar refractivity (Wildman–Crippen MR) is 90.3 cm³/mol. The van der Waals surface area contributed by atoms with E-state index >= 15 is 0 Å². The Morgan fingerprint density at radius 1 is 1.43 bits per heavy atom. The summed E-state index contributed by atoms with van der Waals surface area (Å²) in [6.07, 6.45) is 3.38. The highest BCUT2D eigenvalue weighted by Crippen LogP contribution is 2.29. The van der Waals surface area contributed by atoms with Crippen LogP contribution in [0.2, 0.25) is 0 Å². The number of aliphatic hydroxyl groups is 1. The van der Waals surface area contributed by atoms with Crippen molar-refractivity contribution in [2.75, 3.05) is 26.7 Å². The Morgan fingerprint density at radius 3 is 2.87 bits per heavy atom. The van der Waals surface area contributed by atoms with Crippen molar-refractivity contribution >= 4 is 6.03 Å². The van der Waals surface area contributed by atoms with Crippen molar-refractivity contribution in [3.63, 3.8) is 0 Å². The molecule has 5 heteroatoms. The Bertz CT molecular complexity index is 559. The van der Waals surface area contributed by atoms with Gasteiger partial charge in [0.05, 0.1) is 12.6 Å². The summed E-state index contributed by atoms with van der Waals surface area (Å²) in [4.78, 5) is 16.7. The van der Waals surface area contributed by atoms with Gasteiger partial charge in [-0.25, -0.2) is 4.79 Å². The number of rotatable bonds is 5. The van der Waals surface area contributed by atoms with Crippen LogP contribution >= 0.6 is 0 Å². The predicted octanol–water partition coefficient (Wildman–Crippen LogP) is 1.77. The molecule has 2 unspecified atom stereocenters. The van der Waals surface area contributed by atoms with Gasteiger partial charge < -0.3 is 15.3 Å². The normalized spacial score (nSPS) is 21.9. The molecule has 23 heavy (non-hydrogen) atoms. The van der Waals surface area contributed by atoms with Gasteiger partial charge in [0.15, 0.2) is 0 Å². The maximum atomic E-state index is 12.6. The van der Waals surface area contributed by atoms with Gasteiger partial charge in [0, 0.05) is 25.2 Å². The molecule has 2 atom stereocenters. The summed E-state index contributed by atoms with van der Waals surface area (Å²) >= 11 is 0. The van der Waals surface area contributed by atoms with Gasteiger partial charge in [-0.15, -0.1) is 0 Å². The number of carbonyl (C=O) groups excluding carboxylic acids is 1. The number of hydrogen-bond donors (Lipinski definition) is 2. The molecule has 1 heterocycles. The fourth-order valence-electron chi connectivity index (χ4n) is 3.41. The molecule has 3 rings (SSSR count). The Hall–Kier alpha value is -1.59. The molecule has 0 radical (unpaired) electrons. The Balaban J connectivity index is 1.60. The van der Waals surface area contributed by atoms with Crippen LogP contribution < -0.4 is 5.32 Å². The second-order valence-electron chi connectivity index (χ2n) is 6.77. The van der Waals surface area contributed by atoms with Gasteiger partial charge in [0.25, 0.3) is 0 Å². The first-order valence-electron chi connectivity index (χ1n) is 8.57. The van der Waals surface area contributed by atoms with Gasteiger partial charge in [-0.1, -0.05) is 24.3 Å². The fraction of sp³-hybridized carbons (Fsp3) is 0.611. The zero-order chi connectivity index (χ0) is 16.4. The van der Waals surface area contributed by atoms with Crippen molar-refractivity contribution < 1.29 is 9.90 Å². The average molecular weight is 317 g/mol. The molecule has 2 aliphatic rings. The van der Waals surface area contributed by atoms with Crippen LogP contribution in [0.4, 0.5) is 4.79 Å². The summed E-state index contributed by atoms with van der Waals surface area (Å²) in [5, 5.41) is 12.8. The van der Waals surface area contributed by atoms with Gasteiger partial charge in [0.2, 0.25) is 0 Å². The molecule has 1 aliphatic carbocycles. The van der Waals surface area contributed by atoms with Gasteiger partial charge >= 0.3 is 6.03 Å². The molecule has 0 spiro atoms. The second-order valence-corrected chi connectivity index (χ2v) is 6.77. The highest BCUT2D eigenvalue weighted by molar-refractivity contribution is 5.75. The van der Waals surface area contributed by atoms with E-state index < -0.39 is 0 Å². The van der Waals surface area contributed by atoms with Gasteiger partial charge in [-0.2, -0.15) is 0 Å². The fourth-order valence-corrected chi connectivity index (χ4v) is 3.41. The first-order valence-corrected chi connectivity index (χ1v) is 8.57. The number of carbonyl (C=O) groups is 1.